The van der Waals surface area contributed by atoms with Crippen molar-refractivity contribution < 1.29 is 14.6 Å². The summed E-state index contributed by atoms with van der Waals surface area (Å²) in [7, 11) is 0. The normalized spacial score (nSPS) is 18.7. The average Bonchev–Trinajstić information content (AvgIpc) is 2.48. The number of carboxylic acids is 1. The number of rotatable bonds is 2. The fourth-order valence-corrected chi connectivity index (χ4v) is 1.97. The summed E-state index contributed by atoms with van der Waals surface area (Å²) in [5, 5.41) is 8.83. The second-order valence-corrected chi connectivity index (χ2v) is 4.72. The maximum Gasteiger partial charge on any atom is 0.325 e. The summed E-state index contributed by atoms with van der Waals surface area (Å²) in [5.41, 5.74) is 6.99. The number of hydrogen-bond donors (Lipinski definition) is 2. The summed E-state index contributed by atoms with van der Waals surface area (Å²) in [6, 6.07) is 4.36. The Hall–Kier alpha value is -1.55. The molecule has 4 heteroatoms. The molecule has 0 radical (unpaired) electrons. The first-order valence-corrected chi connectivity index (χ1v) is 5.19. The highest BCUT2D eigenvalue weighted by atomic mass is 16.5. The molecule has 86 valence electrons. The van der Waals surface area contributed by atoms with Gasteiger partial charge in [0.05, 0.1) is 0 Å². The molecule has 0 saturated carbocycles. The molecule has 1 atom stereocenters. The SMILES string of the molecule is CC1(C)Cc2cc(C(N)C(=O)O)ccc2O1. The van der Waals surface area contributed by atoms with Crippen LogP contribution in [0.15, 0.2) is 18.2 Å². The molecule has 1 aliphatic rings. The Kier molecular flexibility index (Phi) is 2.39. The number of carbonyl (C=O) groups is 1. The highest BCUT2D eigenvalue weighted by Gasteiger charge is 2.30. The number of benzene rings is 1. The Bertz CT molecular complexity index is 440. The molecule has 0 aromatic heterocycles. The minimum absolute atomic E-state index is 0.214. The average molecular weight is 221 g/mol. The lowest BCUT2D eigenvalue weighted by Gasteiger charge is -2.16. The van der Waals surface area contributed by atoms with Crippen molar-refractivity contribution in [3.8, 4) is 5.75 Å². The van der Waals surface area contributed by atoms with E-state index in [0.717, 1.165) is 17.7 Å². The second kappa shape index (κ2) is 3.49. The number of ether oxygens (including phenoxy) is 1. The number of nitrogens with two attached hydrogens (primary N) is 1. The van der Waals surface area contributed by atoms with Gasteiger partial charge < -0.3 is 15.6 Å². The minimum atomic E-state index is -1.02. The van der Waals surface area contributed by atoms with E-state index >= 15 is 0 Å². The van der Waals surface area contributed by atoms with Crippen LogP contribution in [0.25, 0.3) is 0 Å². The van der Waals surface area contributed by atoms with Gasteiger partial charge in [-0.25, -0.2) is 0 Å². The Balaban J connectivity index is 2.32. The molecule has 0 amide bonds. The third-order valence-electron chi connectivity index (χ3n) is 2.71. The molecule has 0 saturated heterocycles. The van der Waals surface area contributed by atoms with Gasteiger partial charge in [-0.3, -0.25) is 4.79 Å². The summed E-state index contributed by atoms with van der Waals surface area (Å²) in [5.74, 6) is -0.190. The van der Waals surface area contributed by atoms with Crippen LogP contribution in [0.1, 0.15) is 31.0 Å². The van der Waals surface area contributed by atoms with Gasteiger partial charge in [-0.15, -0.1) is 0 Å². The smallest absolute Gasteiger partial charge is 0.325 e. The van der Waals surface area contributed by atoms with Crippen molar-refractivity contribution in [3.63, 3.8) is 0 Å². The lowest BCUT2D eigenvalue weighted by Crippen LogP contribution is -2.24. The van der Waals surface area contributed by atoms with Crippen LogP contribution in [0.4, 0.5) is 0 Å². The minimum Gasteiger partial charge on any atom is -0.487 e. The Morgan fingerprint density at radius 1 is 1.56 bits per heavy atom. The van der Waals surface area contributed by atoms with Crippen LogP contribution < -0.4 is 10.5 Å². The Morgan fingerprint density at radius 2 is 2.25 bits per heavy atom. The van der Waals surface area contributed by atoms with Crippen molar-refractivity contribution in [1.29, 1.82) is 0 Å². The zero-order valence-corrected chi connectivity index (χ0v) is 9.36. The topological polar surface area (TPSA) is 72.6 Å². The number of aliphatic carboxylic acids is 1. The quantitative estimate of drug-likeness (QED) is 0.793. The van der Waals surface area contributed by atoms with E-state index in [9.17, 15) is 4.79 Å². The lowest BCUT2D eigenvalue weighted by atomic mass is 9.98. The van der Waals surface area contributed by atoms with Crippen LogP contribution in [0.3, 0.4) is 0 Å². The van der Waals surface area contributed by atoms with E-state index < -0.39 is 12.0 Å². The van der Waals surface area contributed by atoms with E-state index in [-0.39, 0.29) is 5.60 Å². The summed E-state index contributed by atoms with van der Waals surface area (Å²) in [4.78, 5) is 10.8. The lowest BCUT2D eigenvalue weighted by molar-refractivity contribution is -0.138. The number of hydrogen-bond acceptors (Lipinski definition) is 3. The van der Waals surface area contributed by atoms with Gasteiger partial charge in [0, 0.05) is 6.42 Å². The first-order valence-electron chi connectivity index (χ1n) is 5.19. The van der Waals surface area contributed by atoms with Crippen molar-refractivity contribution in [2.75, 3.05) is 0 Å². The highest BCUT2D eigenvalue weighted by Crippen LogP contribution is 2.35. The van der Waals surface area contributed by atoms with Crippen LogP contribution in [-0.2, 0) is 11.2 Å². The zero-order chi connectivity index (χ0) is 11.9. The number of carboxylic acid groups (broad SMARTS) is 1. The molecule has 0 aliphatic carbocycles. The van der Waals surface area contributed by atoms with E-state index in [2.05, 4.69) is 0 Å². The third-order valence-corrected chi connectivity index (χ3v) is 2.71. The largest absolute Gasteiger partial charge is 0.487 e. The molecule has 0 fully saturated rings. The highest BCUT2D eigenvalue weighted by molar-refractivity contribution is 5.75. The standard InChI is InChI=1S/C12H15NO3/c1-12(2)6-8-5-7(10(13)11(14)15)3-4-9(8)16-12/h3-5,10H,6,13H2,1-2H3,(H,14,15). The van der Waals surface area contributed by atoms with Crippen molar-refractivity contribution in [1.82, 2.24) is 0 Å². The molecule has 4 nitrogen and oxygen atoms in total. The second-order valence-electron chi connectivity index (χ2n) is 4.72. The first-order chi connectivity index (χ1) is 7.39. The van der Waals surface area contributed by atoms with Gasteiger partial charge in [-0.05, 0) is 37.1 Å². The van der Waals surface area contributed by atoms with Crippen molar-refractivity contribution in [2.45, 2.75) is 31.9 Å². The van der Waals surface area contributed by atoms with E-state index in [0.29, 0.717) is 5.56 Å². The van der Waals surface area contributed by atoms with Gasteiger partial charge in [0.25, 0.3) is 0 Å². The van der Waals surface area contributed by atoms with Crippen LogP contribution >= 0.6 is 0 Å². The van der Waals surface area contributed by atoms with E-state index in [1.165, 1.54) is 0 Å². The van der Waals surface area contributed by atoms with Gasteiger partial charge in [-0.2, -0.15) is 0 Å². The molecule has 3 N–H and O–H groups in total. The molecular formula is C12H15NO3. The Morgan fingerprint density at radius 3 is 2.88 bits per heavy atom. The van der Waals surface area contributed by atoms with Crippen molar-refractivity contribution in [3.05, 3.63) is 29.3 Å². The molecule has 1 aromatic rings. The summed E-state index contributed by atoms with van der Waals surface area (Å²) >= 11 is 0. The van der Waals surface area contributed by atoms with E-state index in [1.807, 2.05) is 19.9 Å². The third kappa shape index (κ3) is 1.88. The molecule has 0 bridgehead atoms. The van der Waals surface area contributed by atoms with Gasteiger partial charge in [0.2, 0.25) is 0 Å². The maximum atomic E-state index is 10.8. The van der Waals surface area contributed by atoms with Crippen molar-refractivity contribution in [2.24, 2.45) is 5.73 Å². The summed E-state index contributed by atoms with van der Waals surface area (Å²) in [6.07, 6.45) is 0.780. The molecule has 2 rings (SSSR count). The zero-order valence-electron chi connectivity index (χ0n) is 9.36. The fraction of sp³-hybridized carbons (Fsp3) is 0.417. The Labute approximate surface area is 94.0 Å². The first kappa shape index (κ1) is 11.0. The predicted octanol–water partition coefficient (Wildman–Crippen LogP) is 1.48. The monoisotopic (exact) mass is 221 g/mol. The molecule has 16 heavy (non-hydrogen) atoms. The van der Waals surface area contributed by atoms with Gasteiger partial charge in [0.15, 0.2) is 0 Å². The molecule has 1 unspecified atom stereocenters. The van der Waals surface area contributed by atoms with Crippen molar-refractivity contribution >= 4 is 5.97 Å². The predicted molar refractivity (Wildman–Crippen MR) is 59.4 cm³/mol. The van der Waals surface area contributed by atoms with Crippen LogP contribution in [-0.4, -0.2) is 16.7 Å². The van der Waals surface area contributed by atoms with E-state index in [4.69, 9.17) is 15.6 Å². The molecule has 1 heterocycles. The number of fused-ring (bicyclic) bond motifs is 1. The van der Waals surface area contributed by atoms with Crippen LogP contribution in [0.2, 0.25) is 0 Å². The van der Waals surface area contributed by atoms with Gasteiger partial charge >= 0.3 is 5.97 Å². The van der Waals surface area contributed by atoms with E-state index in [1.54, 1.807) is 12.1 Å². The van der Waals surface area contributed by atoms with Gasteiger partial charge in [0.1, 0.15) is 17.4 Å². The van der Waals surface area contributed by atoms with Crippen LogP contribution in [0.5, 0.6) is 5.75 Å². The molecular weight excluding hydrogens is 206 g/mol. The molecule has 1 aromatic carbocycles. The summed E-state index contributed by atoms with van der Waals surface area (Å²) < 4.78 is 5.70. The van der Waals surface area contributed by atoms with Crippen LogP contribution in [0, 0.1) is 0 Å². The summed E-state index contributed by atoms with van der Waals surface area (Å²) in [6.45, 7) is 4.01. The molecule has 0 spiro atoms. The van der Waals surface area contributed by atoms with Gasteiger partial charge in [-0.1, -0.05) is 6.07 Å². The fourth-order valence-electron chi connectivity index (χ4n) is 1.97. The maximum absolute atomic E-state index is 10.8. The molecule has 1 aliphatic heterocycles.